The highest BCUT2D eigenvalue weighted by Crippen LogP contribution is 2.48. The van der Waals surface area contributed by atoms with E-state index in [2.05, 4.69) is 22.0 Å². The van der Waals surface area contributed by atoms with Gasteiger partial charge >= 0.3 is 6.03 Å². The van der Waals surface area contributed by atoms with E-state index in [0.29, 0.717) is 35.4 Å². The third kappa shape index (κ3) is 5.92. The van der Waals surface area contributed by atoms with Gasteiger partial charge in [-0.05, 0) is 87.4 Å². The number of urea groups is 1. The Bertz CT molecular complexity index is 1630. The number of thioether (sulfide) groups is 1. The number of nitrogens with one attached hydrogen (secondary N) is 3. The van der Waals surface area contributed by atoms with Crippen LogP contribution in [0.2, 0.25) is 0 Å². The number of carbonyl (C=O) groups excluding carboxylic acids is 3. The summed E-state index contributed by atoms with van der Waals surface area (Å²) in [6.07, 6.45) is 6.08. The zero-order valence-electron chi connectivity index (χ0n) is 25.1. The van der Waals surface area contributed by atoms with Gasteiger partial charge in [-0.25, -0.2) is 4.79 Å². The monoisotopic (exact) mass is 624 g/mol. The molecule has 0 aromatic heterocycles. The average molecular weight is 625 g/mol. The molecule has 4 aliphatic heterocycles. The summed E-state index contributed by atoms with van der Waals surface area (Å²) in [6.45, 7) is 3.64. The second kappa shape index (κ2) is 12.3. The third-order valence-corrected chi connectivity index (χ3v) is 10.5. The van der Waals surface area contributed by atoms with Crippen LogP contribution in [0.25, 0.3) is 0 Å². The molecule has 45 heavy (non-hydrogen) atoms. The van der Waals surface area contributed by atoms with Gasteiger partial charge in [-0.15, -0.1) is 0 Å². The minimum absolute atomic E-state index is 0.0428. The molecule has 3 unspecified atom stereocenters. The number of amides is 4. The minimum Gasteiger partial charge on any atom is -0.457 e. The van der Waals surface area contributed by atoms with Gasteiger partial charge in [0, 0.05) is 36.4 Å². The number of ether oxygens (including phenoxy) is 1. The molecule has 2 aromatic carbocycles. The topological polar surface area (TPSA) is 127 Å². The highest BCUT2D eigenvalue weighted by molar-refractivity contribution is 8.04. The number of allylic oxidation sites excluding steroid dienone is 1. The van der Waals surface area contributed by atoms with Crippen molar-refractivity contribution in [2.45, 2.75) is 56.5 Å². The third-order valence-electron chi connectivity index (χ3n) is 9.17. The maximum Gasteiger partial charge on any atom is 0.326 e. The maximum absolute atomic E-state index is 13.7. The molecule has 3 N–H and O–H groups in total. The van der Waals surface area contributed by atoms with Gasteiger partial charge in [-0.2, -0.15) is 5.26 Å². The molecule has 0 radical (unpaired) electrons. The molecule has 7 rings (SSSR count). The van der Waals surface area contributed by atoms with Crippen molar-refractivity contribution in [2.24, 2.45) is 11.8 Å². The lowest BCUT2D eigenvalue weighted by Crippen LogP contribution is -2.62. The largest absolute Gasteiger partial charge is 0.457 e. The van der Waals surface area contributed by atoms with Gasteiger partial charge in [0.2, 0.25) is 0 Å². The average Bonchev–Trinajstić information content (AvgIpc) is 3.80. The van der Waals surface area contributed by atoms with Gasteiger partial charge in [0.1, 0.15) is 23.1 Å². The van der Waals surface area contributed by atoms with E-state index in [1.807, 2.05) is 60.4 Å². The van der Waals surface area contributed by atoms with Crippen molar-refractivity contribution in [3.05, 3.63) is 76.3 Å². The standard InChI is InChI=1S/C34H36N6O4S/c1-20-16-25(44-24-7-3-2-4-8-24)11-12-26(20)40-27-13-14-36-32-28(27)29(38-34(40)43)30(45-32)31(41)37-23-6-5-15-39(19-23)33(42)22(18-35)17-21-9-10-21/h2-4,7-8,11-12,16-17,21,23,27-28,32,36H,5-6,9-10,13-15,19H2,1H3,(H,37,41)(H,38,43)/b22-17+/t23-,27?,28?,32?/m0/s1. The van der Waals surface area contributed by atoms with Crippen molar-refractivity contribution in [2.75, 3.05) is 24.5 Å². The number of hydrogen-bond acceptors (Lipinski definition) is 7. The highest BCUT2D eigenvalue weighted by Gasteiger charge is 2.52. The van der Waals surface area contributed by atoms with Crippen molar-refractivity contribution in [1.29, 1.82) is 5.26 Å². The Kier molecular flexibility index (Phi) is 8.02. The smallest absolute Gasteiger partial charge is 0.326 e. The predicted octanol–water partition coefficient (Wildman–Crippen LogP) is 4.55. The minimum atomic E-state index is -0.256. The first-order valence-corrected chi connectivity index (χ1v) is 16.6. The Hall–Kier alpha value is -4.27. The first kappa shape index (κ1) is 29.4. The van der Waals surface area contributed by atoms with Crippen LogP contribution in [0.3, 0.4) is 0 Å². The molecule has 2 aromatic rings. The summed E-state index contributed by atoms with van der Waals surface area (Å²) in [5, 5.41) is 19.3. The number of benzene rings is 2. The number of likely N-dealkylation sites (tertiary alicyclic amines) is 1. The van der Waals surface area contributed by atoms with Crippen molar-refractivity contribution in [3.63, 3.8) is 0 Å². The molecule has 4 fully saturated rings. The molecule has 0 bridgehead atoms. The Labute approximate surface area is 266 Å². The lowest BCUT2D eigenvalue weighted by atomic mass is 9.86. The number of piperidine rings is 2. The first-order valence-electron chi connectivity index (χ1n) is 15.7. The van der Waals surface area contributed by atoms with Crippen molar-refractivity contribution in [1.82, 2.24) is 20.9 Å². The fourth-order valence-electron chi connectivity index (χ4n) is 6.84. The molecule has 10 nitrogen and oxygen atoms in total. The summed E-state index contributed by atoms with van der Waals surface area (Å²) in [4.78, 5) is 44.5. The molecule has 11 heteroatoms. The normalized spacial score (nSPS) is 26.1. The number of hydrogen-bond donors (Lipinski definition) is 3. The lowest BCUT2D eigenvalue weighted by Gasteiger charge is -2.46. The van der Waals surface area contributed by atoms with Gasteiger partial charge in [0.25, 0.3) is 11.8 Å². The fraction of sp³-hybridized carbons (Fsp3) is 0.412. The highest BCUT2D eigenvalue weighted by atomic mass is 32.2. The van der Waals surface area contributed by atoms with Crippen LogP contribution in [0.5, 0.6) is 11.5 Å². The Morgan fingerprint density at radius 1 is 1.11 bits per heavy atom. The van der Waals surface area contributed by atoms with E-state index in [1.165, 1.54) is 11.8 Å². The molecular weight excluding hydrogens is 588 g/mol. The first-order chi connectivity index (χ1) is 21.9. The fourth-order valence-corrected chi connectivity index (χ4v) is 8.24. The Balaban J connectivity index is 1.07. The molecular formula is C34H36N6O4S. The number of rotatable bonds is 7. The molecule has 1 saturated carbocycles. The number of aryl methyl sites for hydroxylation is 1. The van der Waals surface area contributed by atoms with Crippen molar-refractivity contribution >= 4 is 35.3 Å². The lowest BCUT2D eigenvalue weighted by molar-refractivity contribution is -0.129. The van der Waals surface area contributed by atoms with Gasteiger partial charge < -0.3 is 25.6 Å². The second-order valence-electron chi connectivity index (χ2n) is 12.4. The summed E-state index contributed by atoms with van der Waals surface area (Å²) in [7, 11) is 0. The predicted molar refractivity (Wildman–Crippen MR) is 171 cm³/mol. The van der Waals surface area contributed by atoms with Crippen LogP contribution >= 0.6 is 11.8 Å². The van der Waals surface area contributed by atoms with Gasteiger partial charge in [-0.3, -0.25) is 14.5 Å². The molecule has 232 valence electrons. The number of nitrogens with zero attached hydrogens (tertiary/aromatic N) is 3. The molecule has 3 saturated heterocycles. The van der Waals surface area contributed by atoms with Crippen LogP contribution in [-0.2, 0) is 9.59 Å². The number of nitriles is 1. The summed E-state index contributed by atoms with van der Waals surface area (Å²) < 4.78 is 6.01. The van der Waals surface area contributed by atoms with Crippen molar-refractivity contribution in [3.8, 4) is 17.6 Å². The van der Waals surface area contributed by atoms with E-state index < -0.39 is 0 Å². The molecule has 5 aliphatic rings. The van der Waals surface area contributed by atoms with E-state index in [0.717, 1.165) is 55.6 Å². The quantitative estimate of drug-likeness (QED) is 0.305. The Morgan fingerprint density at radius 3 is 2.69 bits per heavy atom. The maximum atomic E-state index is 13.7. The molecule has 0 spiro atoms. The van der Waals surface area contributed by atoms with E-state index >= 15 is 0 Å². The molecule has 4 amide bonds. The molecule has 4 heterocycles. The summed E-state index contributed by atoms with van der Waals surface area (Å²) in [5.41, 5.74) is 2.61. The number of carbonyl (C=O) groups is 3. The van der Waals surface area contributed by atoms with E-state index in [9.17, 15) is 19.6 Å². The van der Waals surface area contributed by atoms with Crippen LogP contribution in [0.15, 0.2) is 70.8 Å². The Morgan fingerprint density at radius 2 is 1.93 bits per heavy atom. The molecule has 1 aliphatic carbocycles. The van der Waals surface area contributed by atoms with Gasteiger partial charge in [0.05, 0.1) is 16.3 Å². The van der Waals surface area contributed by atoms with Gasteiger partial charge in [-0.1, -0.05) is 36.0 Å². The van der Waals surface area contributed by atoms with E-state index in [4.69, 9.17) is 4.74 Å². The second-order valence-corrected chi connectivity index (χ2v) is 13.5. The number of anilines is 1. The van der Waals surface area contributed by atoms with Gasteiger partial charge in [0.15, 0.2) is 0 Å². The zero-order chi connectivity index (χ0) is 31.1. The summed E-state index contributed by atoms with van der Waals surface area (Å²) in [5.74, 6) is 1.21. The van der Waals surface area contributed by atoms with Crippen molar-refractivity contribution < 1.29 is 19.1 Å². The van der Waals surface area contributed by atoms with Crippen LogP contribution in [-0.4, -0.2) is 59.8 Å². The van der Waals surface area contributed by atoms with Crippen LogP contribution in [0.1, 0.15) is 37.7 Å². The van der Waals surface area contributed by atoms with Crippen LogP contribution in [0, 0.1) is 30.1 Å². The van der Waals surface area contributed by atoms with Crippen LogP contribution < -0.4 is 25.6 Å². The zero-order valence-corrected chi connectivity index (χ0v) is 25.9. The van der Waals surface area contributed by atoms with E-state index in [-0.39, 0.29) is 46.8 Å². The SMILES string of the molecule is Cc1cc(Oc2ccccc2)ccc1N1C(=O)NC2=C(C(=O)N[C@H]3CCCN(C(=O)/C(C#N)=C/C4CC4)C3)SC3NCCC1C23. The number of para-hydroxylation sites is 1. The summed E-state index contributed by atoms with van der Waals surface area (Å²) >= 11 is 1.47. The summed E-state index contributed by atoms with van der Waals surface area (Å²) in [6, 6.07) is 16.8. The molecule has 4 atom stereocenters. The van der Waals surface area contributed by atoms with E-state index in [1.54, 1.807) is 11.0 Å². The van der Waals surface area contributed by atoms with Crippen LogP contribution in [0.4, 0.5) is 10.5 Å².